The van der Waals surface area contributed by atoms with Gasteiger partial charge in [-0.15, -0.1) is 0 Å². The number of rotatable bonds is 0. The SMILES string of the molecule is O=[Si]=O.[O-2].[O-2].[Ti+4].[Zn+2]. The van der Waals surface area contributed by atoms with E-state index in [-0.39, 0.29) is 52.1 Å². The average Bonchev–Trinajstić information content (AvgIpc) is 0.918. The zero-order chi connectivity index (χ0) is 2.71. The van der Waals surface area contributed by atoms with E-state index in [4.69, 9.17) is 8.92 Å². The van der Waals surface area contributed by atoms with Crippen LogP contribution in [0.2, 0.25) is 0 Å². The molecule has 0 saturated heterocycles. The molecule has 4 nitrogen and oxygen atoms in total. The molecule has 0 unspecified atom stereocenters. The monoisotopic (exact) mass is 204 g/mol. The van der Waals surface area contributed by atoms with Gasteiger partial charge >= 0.3 is 50.5 Å². The molecule has 0 radical (unpaired) electrons. The Morgan fingerprint density at radius 3 is 1.00 bits per heavy atom. The summed E-state index contributed by atoms with van der Waals surface area (Å²) in [5.74, 6) is 0. The van der Waals surface area contributed by atoms with Gasteiger partial charge in [-0.1, -0.05) is 0 Å². The van der Waals surface area contributed by atoms with Gasteiger partial charge in [-0.3, -0.25) is 8.92 Å². The molecule has 0 aliphatic rings. The molecule has 0 aromatic rings. The van der Waals surface area contributed by atoms with Crippen molar-refractivity contribution in [2.75, 3.05) is 0 Å². The second kappa shape index (κ2) is 60.7. The molecule has 0 saturated carbocycles. The van der Waals surface area contributed by atoms with Crippen molar-refractivity contribution in [1.82, 2.24) is 0 Å². The van der Waals surface area contributed by atoms with Crippen LogP contribution < -0.4 is 0 Å². The Kier molecular flexibility index (Phi) is 370. The topological polar surface area (TPSA) is 91.1 Å². The van der Waals surface area contributed by atoms with Crippen LogP contribution in [0.3, 0.4) is 0 Å². The maximum atomic E-state index is 8.40. The molecule has 0 aromatic carbocycles. The minimum Gasteiger partial charge on any atom is -2.00 e. The van der Waals surface area contributed by atoms with Crippen LogP contribution in [0.5, 0.6) is 0 Å². The van der Waals surface area contributed by atoms with Gasteiger partial charge in [0.05, 0.1) is 0 Å². The second-order valence-electron chi connectivity index (χ2n) is 0.0833. The summed E-state index contributed by atoms with van der Waals surface area (Å²) in [6.45, 7) is 0. The standard InChI is InChI=1S/O2Si.2O.Ti.Zn/c1-3-2;;;;/q;2*-2;+4;+2. The summed E-state index contributed by atoms with van der Waals surface area (Å²) in [7, 11) is -1.42. The average molecular weight is 205 g/mol. The van der Waals surface area contributed by atoms with E-state index in [2.05, 4.69) is 0 Å². The summed E-state index contributed by atoms with van der Waals surface area (Å²) in [5.41, 5.74) is 0. The summed E-state index contributed by atoms with van der Waals surface area (Å²) in [4.78, 5) is 0. The Balaban J connectivity index is -0.00000000333. The van der Waals surface area contributed by atoms with E-state index in [0.29, 0.717) is 0 Å². The summed E-state index contributed by atoms with van der Waals surface area (Å²) >= 11 is 0. The molecule has 0 rings (SSSR count). The van der Waals surface area contributed by atoms with Gasteiger partial charge < -0.3 is 11.0 Å². The van der Waals surface area contributed by atoms with E-state index >= 15 is 0 Å². The number of hydrogen-bond donors (Lipinski definition) is 0. The zero-order valence-electron chi connectivity index (χ0n) is 3.34. The van der Waals surface area contributed by atoms with Gasteiger partial charge in [-0.25, -0.2) is 0 Å². The Hall–Kier alpha value is 1.07. The van der Waals surface area contributed by atoms with Gasteiger partial charge in [0.25, 0.3) is 0 Å². The van der Waals surface area contributed by atoms with E-state index in [1.807, 2.05) is 0 Å². The minimum absolute atomic E-state index is 0. The van der Waals surface area contributed by atoms with Crippen molar-refractivity contribution >= 4 is 9.29 Å². The van der Waals surface area contributed by atoms with Gasteiger partial charge in [-0.2, -0.15) is 0 Å². The molecule has 0 aliphatic carbocycles. The normalized spacial score (nSPS) is 1.14. The molecule has 0 fully saturated rings. The smallest absolute Gasteiger partial charge is 2.00 e. The first kappa shape index (κ1) is 42.8. The molecule has 32 valence electrons. The van der Waals surface area contributed by atoms with E-state index in [9.17, 15) is 0 Å². The zero-order valence-corrected chi connectivity index (χ0v) is 8.87. The Morgan fingerprint density at radius 2 is 1.00 bits per heavy atom. The van der Waals surface area contributed by atoms with Gasteiger partial charge in [0, 0.05) is 0 Å². The summed E-state index contributed by atoms with van der Waals surface area (Å²) in [6, 6.07) is 0. The fraction of sp³-hybridized carbons (Fsp3) is 0. The second-order valence-corrected chi connectivity index (χ2v) is 0.250. The fourth-order valence-corrected chi connectivity index (χ4v) is 0. The van der Waals surface area contributed by atoms with Gasteiger partial charge in [0.2, 0.25) is 0 Å². The van der Waals surface area contributed by atoms with Gasteiger partial charge in [-0.05, 0) is 0 Å². The number of hydrogen-bond acceptors (Lipinski definition) is 2. The Bertz CT molecular complexity index is 32.7. The van der Waals surface area contributed by atoms with Crippen LogP contribution in [0, 0.1) is 0 Å². The van der Waals surface area contributed by atoms with Crippen molar-refractivity contribution in [2.45, 2.75) is 0 Å². The Morgan fingerprint density at radius 1 is 1.00 bits per heavy atom. The third-order valence-electron chi connectivity index (χ3n) is 0. The third kappa shape index (κ3) is 158. The van der Waals surface area contributed by atoms with E-state index < -0.39 is 9.29 Å². The molecule has 0 spiro atoms. The van der Waals surface area contributed by atoms with Crippen LogP contribution in [0.1, 0.15) is 0 Å². The minimum atomic E-state index is -1.42. The molecule has 0 bridgehead atoms. The van der Waals surface area contributed by atoms with Crippen molar-refractivity contribution in [1.29, 1.82) is 0 Å². The molecule has 0 aromatic heterocycles. The first-order chi connectivity index (χ1) is 1.41. The summed E-state index contributed by atoms with van der Waals surface area (Å²) in [5, 5.41) is 0. The van der Waals surface area contributed by atoms with Gasteiger partial charge in [0.15, 0.2) is 0 Å². The molecule has 0 aliphatic heterocycles. The largest absolute Gasteiger partial charge is 4.00 e. The predicted octanol–water partition coefficient (Wildman–Crippen LogP) is -0.861. The molecule has 0 amide bonds. The van der Waals surface area contributed by atoms with Crippen molar-refractivity contribution in [2.24, 2.45) is 0 Å². The molecule has 0 atom stereocenters. The molecule has 0 N–H and O–H groups in total. The van der Waals surface area contributed by atoms with Crippen LogP contribution in [0.25, 0.3) is 0 Å². The van der Waals surface area contributed by atoms with Crippen molar-refractivity contribution in [3.05, 3.63) is 0 Å². The fourth-order valence-electron chi connectivity index (χ4n) is 0. The van der Waals surface area contributed by atoms with E-state index in [1.54, 1.807) is 0 Å². The summed E-state index contributed by atoms with van der Waals surface area (Å²) < 4.78 is 16.8. The van der Waals surface area contributed by atoms with Crippen LogP contribution >= 0.6 is 0 Å². The van der Waals surface area contributed by atoms with Crippen molar-refractivity contribution in [3.8, 4) is 0 Å². The third-order valence-corrected chi connectivity index (χ3v) is 0. The van der Waals surface area contributed by atoms with Gasteiger partial charge in [0.1, 0.15) is 0 Å². The quantitative estimate of drug-likeness (QED) is 0.481. The molecule has 7 heteroatoms. The van der Waals surface area contributed by atoms with E-state index in [1.165, 1.54) is 0 Å². The first-order valence-electron chi connectivity index (χ1n) is 0.408. The van der Waals surface area contributed by atoms with E-state index in [0.717, 1.165) is 0 Å². The van der Waals surface area contributed by atoms with Crippen LogP contribution in [-0.2, 0) is 61.1 Å². The molecule has 0 heterocycles. The molecular weight excluding hydrogens is 205 g/mol. The Labute approximate surface area is 70.3 Å². The predicted molar refractivity (Wildman–Crippen MR) is 8.50 cm³/mol. The van der Waals surface area contributed by atoms with Crippen molar-refractivity contribution < 1.29 is 61.1 Å². The van der Waals surface area contributed by atoms with Crippen LogP contribution in [0.15, 0.2) is 0 Å². The first-order valence-corrected chi connectivity index (χ1v) is 1.22. The van der Waals surface area contributed by atoms with Crippen molar-refractivity contribution in [3.63, 3.8) is 0 Å². The van der Waals surface area contributed by atoms with Crippen LogP contribution in [-0.4, -0.2) is 9.29 Å². The summed E-state index contributed by atoms with van der Waals surface area (Å²) in [6.07, 6.45) is 0. The molecular formula is O4SiTiZn+2. The van der Waals surface area contributed by atoms with Crippen LogP contribution in [0.4, 0.5) is 0 Å². The molecule has 7 heavy (non-hydrogen) atoms. The maximum absolute atomic E-state index is 8.40. The maximum Gasteiger partial charge on any atom is 4.00 e.